The number of nitrogens with zero attached hydrogens (tertiary/aromatic N) is 1. The van der Waals surface area contributed by atoms with Crippen LogP contribution < -0.4 is 0 Å². The highest BCUT2D eigenvalue weighted by Gasteiger charge is 2.20. The van der Waals surface area contributed by atoms with Gasteiger partial charge in [-0.3, -0.25) is 4.98 Å². The van der Waals surface area contributed by atoms with E-state index >= 15 is 0 Å². The zero-order chi connectivity index (χ0) is 12.5. The molecule has 17 heavy (non-hydrogen) atoms. The van der Waals surface area contributed by atoms with E-state index in [2.05, 4.69) is 69.1 Å². The zero-order valence-electron chi connectivity index (χ0n) is 11.1. The minimum Gasteiger partial charge on any atom is -0.261 e. The van der Waals surface area contributed by atoms with Crippen molar-refractivity contribution in [3.63, 3.8) is 0 Å². The van der Waals surface area contributed by atoms with Crippen LogP contribution in [0, 0.1) is 5.92 Å². The molecule has 0 radical (unpaired) electrons. The molecule has 1 nitrogen and oxygen atoms in total. The Bertz CT molecular complexity index is 449. The molecular weight excluding hydrogens is 206 g/mol. The van der Waals surface area contributed by atoms with Crippen LogP contribution in [0.2, 0.25) is 0 Å². The van der Waals surface area contributed by atoms with E-state index in [0.29, 0.717) is 11.8 Å². The molecule has 2 atom stereocenters. The molecule has 0 spiro atoms. The first-order valence-electron chi connectivity index (χ1n) is 6.30. The summed E-state index contributed by atoms with van der Waals surface area (Å²) in [6.45, 7) is 8.97. The van der Waals surface area contributed by atoms with Crippen molar-refractivity contribution in [1.82, 2.24) is 4.98 Å². The Balaban J connectivity index is 2.34. The van der Waals surface area contributed by atoms with E-state index in [0.717, 1.165) is 0 Å². The van der Waals surface area contributed by atoms with E-state index in [1.165, 1.54) is 11.3 Å². The Labute approximate surface area is 104 Å². The molecule has 1 aliphatic carbocycles. The summed E-state index contributed by atoms with van der Waals surface area (Å²) in [7, 11) is 0. The summed E-state index contributed by atoms with van der Waals surface area (Å²) in [5, 5.41) is 0. The molecule has 1 heteroatoms. The third kappa shape index (κ3) is 2.66. The standard InChI is InChI=1S/C16H21N/c1-12-7-5-6-8-14(12)15-11-13(9-10-17-15)16(2,3)4/h5-12,14H,1-4H3/t12-,14?/m0/s1. The van der Waals surface area contributed by atoms with Gasteiger partial charge in [0.25, 0.3) is 0 Å². The molecule has 0 N–H and O–H groups in total. The summed E-state index contributed by atoms with van der Waals surface area (Å²) in [5.74, 6) is 0.949. The lowest BCUT2D eigenvalue weighted by atomic mass is 9.83. The van der Waals surface area contributed by atoms with Gasteiger partial charge < -0.3 is 0 Å². The van der Waals surface area contributed by atoms with Gasteiger partial charge in [-0.2, -0.15) is 0 Å². The fourth-order valence-electron chi connectivity index (χ4n) is 2.18. The van der Waals surface area contributed by atoms with Crippen LogP contribution in [0.25, 0.3) is 0 Å². The highest BCUT2D eigenvalue weighted by atomic mass is 14.7. The molecule has 0 fully saturated rings. The maximum absolute atomic E-state index is 4.54. The molecule has 0 aromatic carbocycles. The number of hydrogen-bond acceptors (Lipinski definition) is 1. The maximum Gasteiger partial charge on any atom is 0.0481 e. The van der Waals surface area contributed by atoms with Gasteiger partial charge in [-0.1, -0.05) is 52.0 Å². The Morgan fingerprint density at radius 2 is 1.82 bits per heavy atom. The molecule has 1 aliphatic rings. The van der Waals surface area contributed by atoms with Crippen molar-refractivity contribution in [2.75, 3.05) is 0 Å². The average molecular weight is 227 g/mol. The minimum atomic E-state index is 0.190. The molecule has 2 rings (SSSR count). The van der Waals surface area contributed by atoms with E-state index in [9.17, 15) is 0 Å². The Kier molecular flexibility index (Phi) is 3.19. The zero-order valence-corrected chi connectivity index (χ0v) is 11.1. The van der Waals surface area contributed by atoms with Crippen LogP contribution in [-0.2, 0) is 5.41 Å². The first kappa shape index (κ1) is 12.1. The van der Waals surface area contributed by atoms with Crippen molar-refractivity contribution in [3.05, 3.63) is 53.9 Å². The number of pyridine rings is 1. The lowest BCUT2D eigenvalue weighted by molar-refractivity contribution is 0.578. The van der Waals surface area contributed by atoms with Gasteiger partial charge in [0.1, 0.15) is 0 Å². The van der Waals surface area contributed by atoms with Crippen molar-refractivity contribution in [2.24, 2.45) is 5.92 Å². The van der Waals surface area contributed by atoms with Gasteiger partial charge >= 0.3 is 0 Å². The quantitative estimate of drug-likeness (QED) is 0.700. The van der Waals surface area contributed by atoms with Gasteiger partial charge in [-0.25, -0.2) is 0 Å². The molecule has 1 unspecified atom stereocenters. The Hall–Kier alpha value is -1.37. The highest BCUT2D eigenvalue weighted by molar-refractivity contribution is 5.30. The first-order valence-corrected chi connectivity index (χ1v) is 6.30. The summed E-state index contributed by atoms with van der Waals surface area (Å²) >= 11 is 0. The fourth-order valence-corrected chi connectivity index (χ4v) is 2.18. The molecule has 90 valence electrons. The van der Waals surface area contributed by atoms with Gasteiger partial charge in [0, 0.05) is 17.8 Å². The van der Waals surface area contributed by atoms with Crippen molar-refractivity contribution in [2.45, 2.75) is 39.0 Å². The molecule has 1 aromatic heterocycles. The van der Waals surface area contributed by atoms with Gasteiger partial charge in [0.15, 0.2) is 0 Å². The first-order chi connectivity index (χ1) is 7.98. The second-order valence-corrected chi connectivity index (χ2v) is 5.87. The van der Waals surface area contributed by atoms with E-state index in [1.54, 1.807) is 0 Å². The second-order valence-electron chi connectivity index (χ2n) is 5.87. The molecule has 1 heterocycles. The largest absolute Gasteiger partial charge is 0.261 e. The topological polar surface area (TPSA) is 12.9 Å². The van der Waals surface area contributed by atoms with Crippen LogP contribution >= 0.6 is 0 Å². The maximum atomic E-state index is 4.54. The Morgan fingerprint density at radius 1 is 1.12 bits per heavy atom. The molecular formula is C16H21N. The molecule has 0 saturated carbocycles. The third-order valence-corrected chi connectivity index (χ3v) is 3.40. The SMILES string of the molecule is C[C@H]1C=CC=CC1c1cc(C(C)(C)C)ccn1. The summed E-state index contributed by atoms with van der Waals surface area (Å²) in [6.07, 6.45) is 10.7. The molecule has 0 saturated heterocycles. The van der Waals surface area contributed by atoms with Gasteiger partial charge in [-0.15, -0.1) is 0 Å². The Morgan fingerprint density at radius 3 is 2.47 bits per heavy atom. The van der Waals surface area contributed by atoms with Crippen molar-refractivity contribution in [1.29, 1.82) is 0 Å². The molecule has 0 amide bonds. The van der Waals surface area contributed by atoms with Crippen molar-refractivity contribution >= 4 is 0 Å². The molecule has 0 aliphatic heterocycles. The van der Waals surface area contributed by atoms with Gasteiger partial charge in [0.05, 0.1) is 0 Å². The van der Waals surface area contributed by atoms with Crippen LogP contribution in [-0.4, -0.2) is 4.98 Å². The highest BCUT2D eigenvalue weighted by Crippen LogP contribution is 2.31. The number of hydrogen-bond donors (Lipinski definition) is 0. The van der Waals surface area contributed by atoms with Crippen LogP contribution in [0.15, 0.2) is 42.6 Å². The van der Waals surface area contributed by atoms with Gasteiger partial charge in [-0.05, 0) is 29.0 Å². The predicted molar refractivity (Wildman–Crippen MR) is 73.1 cm³/mol. The summed E-state index contributed by atoms with van der Waals surface area (Å²) in [6, 6.07) is 4.38. The van der Waals surface area contributed by atoms with Crippen LogP contribution in [0.3, 0.4) is 0 Å². The van der Waals surface area contributed by atoms with E-state index in [1.807, 2.05) is 6.20 Å². The minimum absolute atomic E-state index is 0.190. The second kappa shape index (κ2) is 4.48. The smallest absolute Gasteiger partial charge is 0.0481 e. The molecule has 1 aromatic rings. The van der Waals surface area contributed by atoms with Crippen molar-refractivity contribution in [3.8, 4) is 0 Å². The number of aromatic nitrogens is 1. The lowest BCUT2D eigenvalue weighted by Gasteiger charge is -2.23. The van der Waals surface area contributed by atoms with Crippen LogP contribution in [0.4, 0.5) is 0 Å². The third-order valence-electron chi connectivity index (χ3n) is 3.40. The number of allylic oxidation sites excluding steroid dienone is 4. The van der Waals surface area contributed by atoms with Crippen molar-refractivity contribution < 1.29 is 0 Å². The monoisotopic (exact) mass is 227 g/mol. The van der Waals surface area contributed by atoms with E-state index in [-0.39, 0.29) is 5.41 Å². The van der Waals surface area contributed by atoms with Crippen LogP contribution in [0.1, 0.15) is 44.9 Å². The average Bonchev–Trinajstić information content (AvgIpc) is 2.29. The normalized spacial score (nSPS) is 24.0. The fraction of sp³-hybridized carbons (Fsp3) is 0.438. The molecule has 0 bridgehead atoms. The lowest BCUT2D eigenvalue weighted by Crippen LogP contribution is -2.14. The summed E-state index contributed by atoms with van der Waals surface area (Å²) in [4.78, 5) is 4.54. The van der Waals surface area contributed by atoms with Crippen LogP contribution in [0.5, 0.6) is 0 Å². The predicted octanol–water partition coefficient (Wildman–Crippen LogP) is 4.22. The number of rotatable bonds is 1. The van der Waals surface area contributed by atoms with Gasteiger partial charge in [0.2, 0.25) is 0 Å². The van der Waals surface area contributed by atoms with E-state index in [4.69, 9.17) is 0 Å². The summed E-state index contributed by atoms with van der Waals surface area (Å²) in [5.41, 5.74) is 2.73. The summed E-state index contributed by atoms with van der Waals surface area (Å²) < 4.78 is 0. The van der Waals surface area contributed by atoms with E-state index < -0.39 is 0 Å².